The molecule has 2 aromatic heterocycles. The number of aromatic hydroxyl groups is 1. The summed E-state index contributed by atoms with van der Waals surface area (Å²) in [4.78, 5) is 33.9. The van der Waals surface area contributed by atoms with Crippen molar-refractivity contribution in [3.05, 3.63) is 93.5 Å². The van der Waals surface area contributed by atoms with Crippen LogP contribution in [0.25, 0.3) is 11.6 Å². The molecule has 0 spiro atoms. The van der Waals surface area contributed by atoms with Crippen LogP contribution in [0.3, 0.4) is 0 Å². The van der Waals surface area contributed by atoms with Crippen LogP contribution in [0.2, 0.25) is 0 Å². The summed E-state index contributed by atoms with van der Waals surface area (Å²) < 4.78 is 0. The first-order valence-corrected chi connectivity index (χ1v) is 15.0. The second-order valence-corrected chi connectivity index (χ2v) is 12.2. The van der Waals surface area contributed by atoms with Crippen molar-refractivity contribution in [2.75, 3.05) is 6.61 Å². The number of aliphatic hydroxyl groups is 2. The zero-order chi connectivity index (χ0) is 29.1. The molecule has 7 nitrogen and oxygen atoms in total. The van der Waals surface area contributed by atoms with Gasteiger partial charge in [-0.1, -0.05) is 43.7 Å². The molecule has 0 unspecified atom stereocenters. The fraction of sp³-hybridized carbons (Fsp3) is 0.364. The number of pyridine rings is 1. The Morgan fingerprint density at radius 1 is 1.12 bits per heavy atom. The largest absolute Gasteiger partial charge is 0.508 e. The van der Waals surface area contributed by atoms with E-state index in [-0.39, 0.29) is 36.6 Å². The topological polar surface area (TPSA) is 111 Å². The predicted molar refractivity (Wildman–Crippen MR) is 159 cm³/mol. The van der Waals surface area contributed by atoms with Crippen LogP contribution in [0.1, 0.15) is 49.2 Å². The number of thiophene rings is 1. The molecule has 1 aromatic carbocycles. The maximum Gasteiger partial charge on any atom is 0.234 e. The van der Waals surface area contributed by atoms with E-state index in [9.17, 15) is 24.9 Å². The molecule has 1 aliphatic carbocycles. The van der Waals surface area contributed by atoms with E-state index in [2.05, 4.69) is 4.98 Å². The summed E-state index contributed by atoms with van der Waals surface area (Å²) in [6, 6.07) is 16.4. The van der Waals surface area contributed by atoms with E-state index in [0.717, 1.165) is 27.3 Å². The molecular weight excluding hydrogens is 536 g/mol. The van der Waals surface area contributed by atoms with E-state index in [4.69, 9.17) is 0 Å². The minimum absolute atomic E-state index is 0.0435. The van der Waals surface area contributed by atoms with Gasteiger partial charge in [0.2, 0.25) is 11.8 Å². The lowest BCUT2D eigenvalue weighted by Crippen LogP contribution is -2.39. The lowest BCUT2D eigenvalue weighted by atomic mass is 9.66. The van der Waals surface area contributed by atoms with Gasteiger partial charge in [-0.05, 0) is 83.7 Å². The number of aliphatic hydroxyl groups excluding tert-OH is 2. The third-order valence-electron chi connectivity index (χ3n) is 8.25. The summed E-state index contributed by atoms with van der Waals surface area (Å²) in [6.45, 7) is 3.98. The van der Waals surface area contributed by atoms with Crippen molar-refractivity contribution in [1.82, 2.24) is 9.88 Å². The number of likely N-dealkylation sites (tertiary alicyclic amines) is 1. The SMILES string of the molecule is CC(C)C1=C([C@H](O)CC/C(=C/c2cccc(O)c2)c2ccccn2)[C@H](CO)[C@@H]2C(=O)N(Cc3cccs3)C(=O)[C@@H]2C1. The number of carbonyl (C=O) groups excluding carboxylic acids is 2. The standard InChI is InChI=1S/C33H36N2O5S/c1-20(2)25-17-26-31(33(40)35(32(26)39)18-24-9-6-14-41-24)27(19-36)30(25)29(38)12-11-22(28-10-3-4-13-34-28)15-21-7-5-8-23(37)16-21/h3-10,13-16,20,26-27,29,31,36-38H,11-12,17-19H2,1-2H3/b22-15-/t26-,27+,29-,31-/m1/s1. The molecule has 214 valence electrons. The van der Waals surface area contributed by atoms with Crippen molar-refractivity contribution in [3.8, 4) is 5.75 Å². The van der Waals surface area contributed by atoms with Gasteiger partial charge >= 0.3 is 0 Å². The second-order valence-electron chi connectivity index (χ2n) is 11.1. The fourth-order valence-corrected chi connectivity index (χ4v) is 7.01. The Labute approximate surface area is 244 Å². The Morgan fingerprint density at radius 2 is 1.95 bits per heavy atom. The second kappa shape index (κ2) is 12.5. The minimum atomic E-state index is -0.906. The highest BCUT2D eigenvalue weighted by Gasteiger charge is 2.55. The van der Waals surface area contributed by atoms with E-state index >= 15 is 0 Å². The molecule has 3 aromatic rings. The van der Waals surface area contributed by atoms with Gasteiger partial charge in [0.25, 0.3) is 0 Å². The van der Waals surface area contributed by atoms with Gasteiger partial charge in [-0.2, -0.15) is 0 Å². The number of allylic oxidation sites excluding steroid dienone is 2. The van der Waals surface area contributed by atoms with E-state index in [1.165, 1.54) is 16.2 Å². The molecule has 0 bridgehead atoms. The van der Waals surface area contributed by atoms with Gasteiger partial charge in [0.1, 0.15) is 5.75 Å². The predicted octanol–water partition coefficient (Wildman–Crippen LogP) is 5.30. The highest BCUT2D eigenvalue weighted by Crippen LogP contribution is 2.48. The quantitative estimate of drug-likeness (QED) is 0.225. The van der Waals surface area contributed by atoms with E-state index in [1.807, 2.05) is 61.7 Å². The zero-order valence-electron chi connectivity index (χ0n) is 23.3. The van der Waals surface area contributed by atoms with Gasteiger partial charge < -0.3 is 15.3 Å². The number of nitrogens with zero attached hydrogens (tertiary/aromatic N) is 2. The lowest BCUT2D eigenvalue weighted by Gasteiger charge is -2.38. The van der Waals surface area contributed by atoms with Crippen LogP contribution in [0.4, 0.5) is 0 Å². The molecule has 1 aliphatic heterocycles. The lowest BCUT2D eigenvalue weighted by molar-refractivity contribution is -0.140. The number of imide groups is 1. The number of hydrogen-bond donors (Lipinski definition) is 3. The summed E-state index contributed by atoms with van der Waals surface area (Å²) in [5.74, 6) is -2.08. The Morgan fingerprint density at radius 3 is 2.61 bits per heavy atom. The molecule has 2 aliphatic rings. The summed E-state index contributed by atoms with van der Waals surface area (Å²) in [7, 11) is 0. The molecule has 4 atom stereocenters. The molecule has 2 amide bonds. The molecule has 8 heteroatoms. The highest BCUT2D eigenvalue weighted by atomic mass is 32.1. The van der Waals surface area contributed by atoms with Crippen molar-refractivity contribution < 1.29 is 24.9 Å². The maximum atomic E-state index is 13.6. The monoisotopic (exact) mass is 572 g/mol. The van der Waals surface area contributed by atoms with Gasteiger partial charge in [0, 0.05) is 17.0 Å². The number of phenols is 1. The van der Waals surface area contributed by atoms with E-state index in [0.29, 0.717) is 24.8 Å². The van der Waals surface area contributed by atoms with Crippen molar-refractivity contribution in [3.63, 3.8) is 0 Å². The molecule has 3 N–H and O–H groups in total. The molecule has 1 saturated heterocycles. The molecule has 1 fully saturated rings. The van der Waals surface area contributed by atoms with Crippen LogP contribution >= 0.6 is 11.3 Å². The first kappa shape index (κ1) is 28.9. The van der Waals surface area contributed by atoms with Crippen LogP contribution < -0.4 is 0 Å². The third-order valence-corrected chi connectivity index (χ3v) is 9.11. The number of rotatable bonds is 10. The van der Waals surface area contributed by atoms with Crippen LogP contribution in [0.5, 0.6) is 5.75 Å². The average Bonchev–Trinajstić information content (AvgIpc) is 3.57. The van der Waals surface area contributed by atoms with Crippen molar-refractivity contribution in [2.45, 2.75) is 45.8 Å². The van der Waals surface area contributed by atoms with E-state index in [1.54, 1.807) is 24.4 Å². The number of fused-ring (bicyclic) bond motifs is 1. The van der Waals surface area contributed by atoms with Crippen LogP contribution in [-0.2, 0) is 16.1 Å². The number of benzene rings is 1. The van der Waals surface area contributed by atoms with Gasteiger partial charge in [-0.25, -0.2) is 0 Å². The molecule has 0 saturated carbocycles. The van der Waals surface area contributed by atoms with Gasteiger partial charge in [0.15, 0.2) is 0 Å². The Balaban J connectivity index is 1.43. The molecule has 41 heavy (non-hydrogen) atoms. The van der Waals surface area contributed by atoms with Gasteiger partial charge in [-0.15, -0.1) is 11.3 Å². The van der Waals surface area contributed by atoms with Gasteiger partial charge in [0.05, 0.1) is 36.8 Å². The summed E-state index contributed by atoms with van der Waals surface area (Å²) in [5.41, 5.74) is 4.13. The maximum absolute atomic E-state index is 13.6. The normalized spacial score (nSPS) is 22.0. The zero-order valence-corrected chi connectivity index (χ0v) is 24.1. The van der Waals surface area contributed by atoms with Crippen LogP contribution in [0, 0.1) is 23.7 Å². The van der Waals surface area contributed by atoms with Gasteiger partial charge in [-0.3, -0.25) is 19.5 Å². The Kier molecular flexibility index (Phi) is 8.82. The summed E-state index contributed by atoms with van der Waals surface area (Å²) >= 11 is 1.50. The smallest absolute Gasteiger partial charge is 0.234 e. The van der Waals surface area contributed by atoms with E-state index < -0.39 is 23.9 Å². The molecular formula is C33H36N2O5S. The van der Waals surface area contributed by atoms with Crippen molar-refractivity contribution >= 4 is 34.8 Å². The third kappa shape index (κ3) is 6.05. The van der Waals surface area contributed by atoms with Crippen molar-refractivity contribution in [2.24, 2.45) is 23.7 Å². The first-order chi connectivity index (χ1) is 19.8. The number of amides is 2. The Hall–Kier alpha value is -3.59. The van der Waals surface area contributed by atoms with Crippen LogP contribution in [-0.4, -0.2) is 49.7 Å². The molecule has 3 heterocycles. The number of carbonyl (C=O) groups is 2. The minimum Gasteiger partial charge on any atom is -0.508 e. The average molecular weight is 573 g/mol. The van der Waals surface area contributed by atoms with Crippen LogP contribution in [0.15, 0.2) is 77.3 Å². The summed E-state index contributed by atoms with van der Waals surface area (Å²) in [5, 5.41) is 34.2. The fourth-order valence-electron chi connectivity index (χ4n) is 6.31. The Bertz CT molecular complexity index is 1450. The van der Waals surface area contributed by atoms with Crippen molar-refractivity contribution in [1.29, 1.82) is 0 Å². The number of phenolic OH excluding ortho intramolecular Hbond substituents is 1. The first-order valence-electron chi connectivity index (χ1n) is 14.1. The summed E-state index contributed by atoms with van der Waals surface area (Å²) in [6.07, 6.45) is 4.00. The number of aromatic nitrogens is 1. The highest BCUT2D eigenvalue weighted by molar-refractivity contribution is 7.09. The number of hydrogen-bond acceptors (Lipinski definition) is 7. The molecule has 0 radical (unpaired) electrons. The molecule has 5 rings (SSSR count).